The number of rotatable bonds is 5. The second-order valence-electron chi connectivity index (χ2n) is 4.92. The monoisotopic (exact) mass is 221 g/mol. The Balaban J connectivity index is 1.50. The number of hydrogen-bond donors (Lipinski definition) is 1. The summed E-state index contributed by atoms with van der Waals surface area (Å²) >= 11 is 0. The summed E-state index contributed by atoms with van der Waals surface area (Å²) < 4.78 is 5.35. The van der Waals surface area contributed by atoms with Crippen LogP contribution in [0.25, 0.3) is 0 Å². The van der Waals surface area contributed by atoms with Crippen molar-refractivity contribution in [3.8, 4) is 0 Å². The topological polar surface area (TPSA) is 41.3 Å². The van der Waals surface area contributed by atoms with Crippen molar-refractivity contribution in [2.24, 2.45) is 0 Å². The van der Waals surface area contributed by atoms with Crippen LogP contribution < -0.4 is 5.32 Å². The first-order valence-corrected chi connectivity index (χ1v) is 6.30. The molecule has 0 amide bonds. The molecule has 1 aliphatic heterocycles. The van der Waals surface area contributed by atoms with Crippen LogP contribution in [0.5, 0.6) is 0 Å². The molecule has 0 bridgehead atoms. The molecule has 0 aromatic carbocycles. The molecule has 0 unspecified atom stereocenters. The highest BCUT2D eigenvalue weighted by atomic mass is 16.5. The Bertz CT molecular complexity index is 340. The van der Waals surface area contributed by atoms with Crippen molar-refractivity contribution in [2.45, 2.75) is 44.8 Å². The van der Waals surface area contributed by atoms with Gasteiger partial charge in [0.2, 0.25) is 0 Å². The average Bonchev–Trinajstić information content (AvgIpc) is 2.78. The average molecular weight is 221 g/mol. The summed E-state index contributed by atoms with van der Waals surface area (Å²) in [4.78, 5) is 2.43. The molecule has 2 heterocycles. The van der Waals surface area contributed by atoms with Gasteiger partial charge >= 0.3 is 0 Å². The van der Waals surface area contributed by atoms with Crippen molar-refractivity contribution in [1.82, 2.24) is 15.4 Å². The third-order valence-electron chi connectivity index (χ3n) is 3.34. The van der Waals surface area contributed by atoms with Crippen molar-refractivity contribution < 1.29 is 4.52 Å². The molecule has 4 nitrogen and oxygen atoms in total. The molecule has 0 atom stereocenters. The van der Waals surface area contributed by atoms with Crippen molar-refractivity contribution in [2.75, 3.05) is 13.1 Å². The van der Waals surface area contributed by atoms with Gasteiger partial charge < -0.3 is 9.84 Å². The molecule has 4 heteroatoms. The minimum atomic E-state index is 0.735. The summed E-state index contributed by atoms with van der Waals surface area (Å²) in [5, 5.41) is 7.54. The highest BCUT2D eigenvalue weighted by molar-refractivity contribution is 5.06. The van der Waals surface area contributed by atoms with Gasteiger partial charge in [-0.05, 0) is 38.8 Å². The van der Waals surface area contributed by atoms with E-state index >= 15 is 0 Å². The van der Waals surface area contributed by atoms with Gasteiger partial charge in [-0.1, -0.05) is 5.16 Å². The first-order valence-electron chi connectivity index (χ1n) is 6.30. The predicted octanol–water partition coefficient (Wildman–Crippen LogP) is 1.52. The summed E-state index contributed by atoms with van der Waals surface area (Å²) in [6.45, 7) is 4.19. The van der Waals surface area contributed by atoms with Gasteiger partial charge in [0.1, 0.15) is 0 Å². The molecule has 1 saturated heterocycles. The molecule has 88 valence electrons. The third kappa shape index (κ3) is 2.62. The van der Waals surface area contributed by atoms with Crippen LogP contribution in [-0.2, 0) is 13.1 Å². The summed E-state index contributed by atoms with van der Waals surface area (Å²) in [5.74, 6) is 1.01. The lowest BCUT2D eigenvalue weighted by atomic mass is 10.3. The molecule has 1 saturated carbocycles. The van der Waals surface area contributed by atoms with Crippen LogP contribution in [-0.4, -0.2) is 29.2 Å². The molecule has 1 N–H and O–H groups in total. The molecular formula is C12H19N3O. The van der Waals surface area contributed by atoms with E-state index in [0.717, 1.165) is 30.6 Å². The zero-order valence-electron chi connectivity index (χ0n) is 9.61. The second kappa shape index (κ2) is 4.55. The molecule has 0 radical (unpaired) electrons. The summed E-state index contributed by atoms with van der Waals surface area (Å²) in [6, 6.07) is 2.83. The van der Waals surface area contributed by atoms with Gasteiger partial charge in [-0.25, -0.2) is 0 Å². The maximum atomic E-state index is 5.35. The largest absolute Gasteiger partial charge is 0.360 e. The normalized spacial score (nSPS) is 21.8. The van der Waals surface area contributed by atoms with E-state index in [9.17, 15) is 0 Å². The SMILES string of the molecule is c1c(CNC2CC2)noc1CN1CCCC1. The highest BCUT2D eigenvalue weighted by Crippen LogP contribution is 2.19. The molecule has 1 aliphatic carbocycles. The molecule has 0 spiro atoms. The first kappa shape index (κ1) is 10.3. The Morgan fingerprint density at radius 1 is 1.38 bits per heavy atom. The lowest BCUT2D eigenvalue weighted by Crippen LogP contribution is -2.18. The van der Waals surface area contributed by atoms with Crippen molar-refractivity contribution >= 4 is 0 Å². The van der Waals surface area contributed by atoms with E-state index < -0.39 is 0 Å². The number of nitrogens with one attached hydrogen (secondary N) is 1. The van der Waals surface area contributed by atoms with E-state index in [1.165, 1.54) is 38.8 Å². The van der Waals surface area contributed by atoms with E-state index in [-0.39, 0.29) is 0 Å². The number of nitrogens with zero attached hydrogens (tertiary/aromatic N) is 2. The molecular weight excluding hydrogens is 202 g/mol. The smallest absolute Gasteiger partial charge is 0.151 e. The fourth-order valence-electron chi connectivity index (χ4n) is 2.21. The minimum Gasteiger partial charge on any atom is -0.360 e. The molecule has 3 rings (SSSR count). The van der Waals surface area contributed by atoms with Crippen LogP contribution in [0.4, 0.5) is 0 Å². The Labute approximate surface area is 96.0 Å². The molecule has 16 heavy (non-hydrogen) atoms. The number of hydrogen-bond acceptors (Lipinski definition) is 4. The minimum absolute atomic E-state index is 0.735. The Kier molecular flexibility index (Phi) is 2.93. The fraction of sp³-hybridized carbons (Fsp3) is 0.750. The van der Waals surface area contributed by atoms with E-state index in [4.69, 9.17) is 4.52 Å². The first-order chi connectivity index (χ1) is 7.90. The van der Waals surface area contributed by atoms with Gasteiger partial charge in [-0.2, -0.15) is 0 Å². The van der Waals surface area contributed by atoms with Crippen LogP contribution in [0.3, 0.4) is 0 Å². The van der Waals surface area contributed by atoms with E-state index in [1.54, 1.807) is 0 Å². The van der Waals surface area contributed by atoms with Crippen LogP contribution in [0.2, 0.25) is 0 Å². The summed E-state index contributed by atoms with van der Waals surface area (Å²) in [5.41, 5.74) is 1.04. The zero-order chi connectivity index (χ0) is 10.8. The summed E-state index contributed by atoms with van der Waals surface area (Å²) in [7, 11) is 0. The molecule has 2 aliphatic rings. The Morgan fingerprint density at radius 3 is 2.94 bits per heavy atom. The Morgan fingerprint density at radius 2 is 2.19 bits per heavy atom. The van der Waals surface area contributed by atoms with E-state index in [0.29, 0.717) is 0 Å². The standard InChI is InChI=1S/C12H19N3O/c1-2-6-15(5-1)9-12-7-11(14-16-12)8-13-10-3-4-10/h7,10,13H,1-6,8-9H2. The van der Waals surface area contributed by atoms with Gasteiger partial charge in [0, 0.05) is 18.7 Å². The van der Waals surface area contributed by atoms with E-state index in [2.05, 4.69) is 21.4 Å². The van der Waals surface area contributed by atoms with Gasteiger partial charge in [0.05, 0.1) is 12.2 Å². The fourth-order valence-corrected chi connectivity index (χ4v) is 2.21. The molecule has 1 aromatic heterocycles. The second-order valence-corrected chi connectivity index (χ2v) is 4.92. The zero-order valence-corrected chi connectivity index (χ0v) is 9.61. The Hall–Kier alpha value is -0.870. The van der Waals surface area contributed by atoms with Gasteiger partial charge in [-0.15, -0.1) is 0 Å². The van der Waals surface area contributed by atoms with Crippen LogP contribution in [0.15, 0.2) is 10.6 Å². The van der Waals surface area contributed by atoms with Gasteiger partial charge in [0.15, 0.2) is 5.76 Å². The molecule has 1 aromatic rings. The van der Waals surface area contributed by atoms with Crippen LogP contribution in [0.1, 0.15) is 37.1 Å². The van der Waals surface area contributed by atoms with Crippen LogP contribution >= 0.6 is 0 Å². The quantitative estimate of drug-likeness (QED) is 0.818. The number of likely N-dealkylation sites (tertiary alicyclic amines) is 1. The highest BCUT2D eigenvalue weighted by Gasteiger charge is 2.21. The van der Waals surface area contributed by atoms with Crippen LogP contribution in [0, 0.1) is 0 Å². The third-order valence-corrected chi connectivity index (χ3v) is 3.34. The molecule has 2 fully saturated rings. The maximum absolute atomic E-state index is 5.35. The maximum Gasteiger partial charge on any atom is 0.151 e. The van der Waals surface area contributed by atoms with Crippen molar-refractivity contribution in [3.63, 3.8) is 0 Å². The van der Waals surface area contributed by atoms with Gasteiger partial charge in [-0.3, -0.25) is 4.90 Å². The van der Waals surface area contributed by atoms with Crippen molar-refractivity contribution in [3.05, 3.63) is 17.5 Å². The van der Waals surface area contributed by atoms with E-state index in [1.807, 2.05) is 0 Å². The van der Waals surface area contributed by atoms with Crippen molar-refractivity contribution in [1.29, 1.82) is 0 Å². The number of aromatic nitrogens is 1. The lowest BCUT2D eigenvalue weighted by Gasteiger charge is -2.10. The predicted molar refractivity (Wildman–Crippen MR) is 60.9 cm³/mol. The lowest BCUT2D eigenvalue weighted by molar-refractivity contribution is 0.272. The van der Waals surface area contributed by atoms with Gasteiger partial charge in [0.25, 0.3) is 0 Å². The summed E-state index contributed by atoms with van der Waals surface area (Å²) in [6.07, 6.45) is 5.28.